The number of halogens is 7. The Bertz CT molecular complexity index is 1060. The highest BCUT2D eigenvalue weighted by molar-refractivity contribution is 9.10. The summed E-state index contributed by atoms with van der Waals surface area (Å²) in [6, 6.07) is 0.627. The Morgan fingerprint density at radius 1 is 1.38 bits per heavy atom. The summed E-state index contributed by atoms with van der Waals surface area (Å²) >= 11 is 9.15. The van der Waals surface area contributed by atoms with Gasteiger partial charge in [-0.2, -0.15) is 13.2 Å². The van der Waals surface area contributed by atoms with Crippen molar-refractivity contribution in [3.8, 4) is 0 Å². The number of aliphatic imine (C=N–C) groups is 1. The maximum Gasteiger partial charge on any atom is 0.425 e. The van der Waals surface area contributed by atoms with E-state index in [4.69, 9.17) is 17.3 Å². The molecule has 0 radical (unpaired) electrons. The van der Waals surface area contributed by atoms with Crippen LogP contribution in [0, 0.1) is 5.41 Å². The minimum Gasteiger partial charge on any atom is -0.452 e. The third-order valence-electron chi connectivity index (χ3n) is 5.59. The van der Waals surface area contributed by atoms with Crippen LogP contribution in [0.4, 0.5) is 22.0 Å². The summed E-state index contributed by atoms with van der Waals surface area (Å²) in [7, 11) is 0. The summed E-state index contributed by atoms with van der Waals surface area (Å²) < 4.78 is 74.6. The molecule has 6 nitrogen and oxygen atoms in total. The molecule has 3 atom stereocenters. The second kappa shape index (κ2) is 8.29. The molecule has 1 aliphatic heterocycles. The number of hydrogen-bond donors (Lipinski definition) is 2. The number of rotatable bonds is 3. The summed E-state index contributed by atoms with van der Waals surface area (Å²) in [5.74, 6) is -3.47. The van der Waals surface area contributed by atoms with Gasteiger partial charge in [0, 0.05) is 29.2 Å². The van der Waals surface area contributed by atoms with E-state index in [2.05, 4.69) is 36.0 Å². The molecule has 1 amide bonds. The lowest BCUT2D eigenvalue weighted by atomic mass is 9.64. The standard InChI is InChI=1S/C19H17BrClF5N4O2/c1-17(18(2)6-12(19(24,25)26)32-16(27)30-18)5-9(4-11(22)14(17)23)29-15(31)13-10(21)3-8(20)7-28-13/h3-4,7,12H,5-6H2,1-2H3,(H2,27,30)(H,29,31)/t12-,17?,18-/m0/s1. The fraction of sp³-hybridized carbons (Fsp3) is 0.421. The molecule has 2 aliphatic rings. The molecular formula is C19H17BrClF5N4O2. The number of aromatic nitrogens is 1. The molecule has 3 rings (SSSR count). The number of amidine groups is 1. The van der Waals surface area contributed by atoms with Gasteiger partial charge in [-0.25, -0.2) is 18.8 Å². The molecular weight excluding hydrogens is 527 g/mol. The Kier molecular flexibility index (Phi) is 6.33. The van der Waals surface area contributed by atoms with E-state index < -0.39 is 53.2 Å². The van der Waals surface area contributed by atoms with Crippen LogP contribution >= 0.6 is 27.5 Å². The van der Waals surface area contributed by atoms with Crippen LogP contribution in [-0.2, 0) is 4.74 Å². The van der Waals surface area contributed by atoms with Crippen LogP contribution in [0.1, 0.15) is 37.2 Å². The molecule has 0 bridgehead atoms. The number of nitrogens with one attached hydrogen (secondary N) is 1. The van der Waals surface area contributed by atoms with Crippen molar-refractivity contribution in [1.82, 2.24) is 10.3 Å². The second-order valence-electron chi connectivity index (χ2n) is 7.85. The van der Waals surface area contributed by atoms with E-state index in [0.29, 0.717) is 4.47 Å². The molecule has 1 aromatic heterocycles. The first-order valence-corrected chi connectivity index (χ1v) is 10.3. The summed E-state index contributed by atoms with van der Waals surface area (Å²) in [6.07, 6.45) is -6.29. The number of nitrogens with two attached hydrogens (primary N) is 1. The van der Waals surface area contributed by atoms with Crippen molar-refractivity contribution in [3.05, 3.63) is 50.9 Å². The number of ether oxygens (including phenoxy) is 1. The third-order valence-corrected chi connectivity index (χ3v) is 6.31. The molecule has 0 saturated carbocycles. The number of pyridine rings is 1. The molecule has 1 unspecified atom stereocenters. The molecule has 0 fully saturated rings. The van der Waals surface area contributed by atoms with Crippen LogP contribution < -0.4 is 11.1 Å². The van der Waals surface area contributed by atoms with Crippen molar-refractivity contribution in [3.63, 3.8) is 0 Å². The van der Waals surface area contributed by atoms with Gasteiger partial charge in [0.15, 0.2) is 11.9 Å². The first-order valence-electron chi connectivity index (χ1n) is 9.14. The fourth-order valence-electron chi connectivity index (χ4n) is 3.68. The van der Waals surface area contributed by atoms with Crippen LogP contribution in [0.5, 0.6) is 0 Å². The van der Waals surface area contributed by atoms with Crippen LogP contribution in [0.3, 0.4) is 0 Å². The van der Waals surface area contributed by atoms with Crippen LogP contribution in [0.15, 0.2) is 45.2 Å². The van der Waals surface area contributed by atoms with Crippen LogP contribution in [-0.4, -0.2) is 34.7 Å². The summed E-state index contributed by atoms with van der Waals surface area (Å²) in [4.78, 5) is 20.4. The van der Waals surface area contributed by atoms with E-state index >= 15 is 4.39 Å². The number of allylic oxidation sites excluding steroid dienone is 3. The SMILES string of the molecule is CC1([C@]2(C)C[C@@H](C(F)(F)F)OC(N)=N2)CC(NC(=O)c2ncc(Br)cc2Cl)=CC(F)=C1F. The minimum atomic E-state index is -4.80. The first kappa shape index (κ1) is 24.4. The van der Waals surface area contributed by atoms with Crippen molar-refractivity contribution in [1.29, 1.82) is 0 Å². The van der Waals surface area contributed by atoms with E-state index in [9.17, 15) is 22.4 Å². The molecule has 13 heteroatoms. The maximum atomic E-state index is 15.0. The Hall–Kier alpha value is -2.21. The van der Waals surface area contributed by atoms with E-state index in [1.807, 2.05) is 0 Å². The summed E-state index contributed by atoms with van der Waals surface area (Å²) in [5.41, 5.74) is 1.42. The van der Waals surface area contributed by atoms with Crippen molar-refractivity contribution in [2.24, 2.45) is 16.1 Å². The van der Waals surface area contributed by atoms with Crippen molar-refractivity contribution in [2.75, 3.05) is 0 Å². The zero-order valence-electron chi connectivity index (χ0n) is 16.7. The molecule has 1 aromatic rings. The molecule has 1 aliphatic carbocycles. The van der Waals surface area contributed by atoms with E-state index in [1.165, 1.54) is 26.1 Å². The van der Waals surface area contributed by atoms with Crippen molar-refractivity contribution in [2.45, 2.75) is 44.5 Å². The largest absolute Gasteiger partial charge is 0.452 e. The van der Waals surface area contributed by atoms with E-state index in [0.717, 1.165) is 6.08 Å². The molecule has 0 aromatic carbocycles. The fourth-order valence-corrected chi connectivity index (χ4v) is 4.39. The Labute approximate surface area is 192 Å². The number of alkyl halides is 3. The predicted octanol–water partition coefficient (Wildman–Crippen LogP) is 5.10. The van der Waals surface area contributed by atoms with Gasteiger partial charge in [0.1, 0.15) is 11.5 Å². The Morgan fingerprint density at radius 2 is 2.03 bits per heavy atom. The molecule has 0 saturated heterocycles. The highest BCUT2D eigenvalue weighted by atomic mass is 79.9. The van der Waals surface area contributed by atoms with Gasteiger partial charge in [0.25, 0.3) is 11.9 Å². The number of carbonyl (C=O) groups is 1. The third kappa shape index (κ3) is 4.47. The monoisotopic (exact) mass is 542 g/mol. The topological polar surface area (TPSA) is 89.6 Å². The van der Waals surface area contributed by atoms with Gasteiger partial charge in [-0.05, 0) is 35.0 Å². The number of amides is 1. The highest BCUT2D eigenvalue weighted by Crippen LogP contribution is 2.54. The lowest BCUT2D eigenvalue weighted by molar-refractivity contribution is -0.211. The molecule has 32 heavy (non-hydrogen) atoms. The van der Waals surface area contributed by atoms with Gasteiger partial charge in [-0.3, -0.25) is 4.79 Å². The molecule has 174 valence electrons. The molecule has 2 heterocycles. The normalized spacial score (nSPS) is 28.6. The average molecular weight is 544 g/mol. The molecule has 0 spiro atoms. The van der Waals surface area contributed by atoms with Gasteiger partial charge in [-0.1, -0.05) is 18.5 Å². The van der Waals surface area contributed by atoms with Crippen LogP contribution in [0.25, 0.3) is 0 Å². The minimum absolute atomic E-state index is 0.0000226. The Morgan fingerprint density at radius 3 is 2.62 bits per heavy atom. The van der Waals surface area contributed by atoms with E-state index in [-0.39, 0.29) is 22.8 Å². The van der Waals surface area contributed by atoms with E-state index in [1.54, 1.807) is 0 Å². The lowest BCUT2D eigenvalue weighted by Gasteiger charge is -2.47. The van der Waals surface area contributed by atoms with Gasteiger partial charge >= 0.3 is 6.18 Å². The summed E-state index contributed by atoms with van der Waals surface area (Å²) in [5, 5.41) is 2.40. The second-order valence-corrected chi connectivity index (χ2v) is 9.18. The van der Waals surface area contributed by atoms with Gasteiger partial charge < -0.3 is 15.8 Å². The Balaban J connectivity index is 1.94. The predicted molar refractivity (Wildman–Crippen MR) is 110 cm³/mol. The maximum absolute atomic E-state index is 15.0. The van der Waals surface area contributed by atoms with Crippen LogP contribution in [0.2, 0.25) is 5.02 Å². The lowest BCUT2D eigenvalue weighted by Crippen LogP contribution is -2.55. The first-order chi connectivity index (χ1) is 14.7. The molecule has 3 N–H and O–H groups in total. The van der Waals surface area contributed by atoms with Gasteiger partial charge in [-0.15, -0.1) is 0 Å². The number of nitrogens with zero attached hydrogens (tertiary/aromatic N) is 2. The van der Waals surface area contributed by atoms with Crippen molar-refractivity contribution < 1.29 is 31.5 Å². The zero-order valence-corrected chi connectivity index (χ0v) is 19.0. The average Bonchev–Trinajstić information content (AvgIpc) is 2.64. The smallest absolute Gasteiger partial charge is 0.425 e. The van der Waals surface area contributed by atoms with Gasteiger partial charge in [0.05, 0.1) is 16.0 Å². The van der Waals surface area contributed by atoms with Crippen molar-refractivity contribution >= 4 is 39.5 Å². The number of carbonyl (C=O) groups excluding carboxylic acids is 1. The van der Waals surface area contributed by atoms with Gasteiger partial charge in [0.2, 0.25) is 0 Å². The summed E-state index contributed by atoms with van der Waals surface area (Å²) in [6.45, 7) is 2.44. The number of hydrogen-bond acceptors (Lipinski definition) is 5. The zero-order chi connectivity index (χ0) is 24.1. The quantitative estimate of drug-likeness (QED) is 0.520. The highest BCUT2D eigenvalue weighted by Gasteiger charge is 2.58.